The smallest absolute Gasteiger partial charge is 0.336 e. The maximum Gasteiger partial charge on any atom is 0.336 e. The highest BCUT2D eigenvalue weighted by molar-refractivity contribution is 5.89. The summed E-state index contributed by atoms with van der Waals surface area (Å²) >= 11 is 0. The van der Waals surface area contributed by atoms with E-state index in [9.17, 15) is 4.79 Å². The Morgan fingerprint density at radius 1 is 1.43 bits per heavy atom. The molecule has 0 saturated carbocycles. The van der Waals surface area contributed by atoms with Crippen molar-refractivity contribution in [2.75, 3.05) is 6.54 Å². The van der Waals surface area contributed by atoms with E-state index in [0.717, 1.165) is 0 Å². The Morgan fingerprint density at radius 2 is 2.07 bits per heavy atom. The maximum absolute atomic E-state index is 10.8. The fourth-order valence-corrected chi connectivity index (χ4v) is 1.35. The predicted molar refractivity (Wildman–Crippen MR) is 54.0 cm³/mol. The Morgan fingerprint density at radius 3 is 2.64 bits per heavy atom. The minimum atomic E-state index is -0.951. The lowest BCUT2D eigenvalue weighted by atomic mass is 9.99. The summed E-state index contributed by atoms with van der Waals surface area (Å²) in [6, 6.07) is 6.44. The van der Waals surface area contributed by atoms with Gasteiger partial charge in [-0.15, -0.1) is 0 Å². The average Bonchev–Trinajstić information content (AvgIpc) is 2.18. The molecular weight excluding hydrogens is 180 g/mol. The van der Waals surface area contributed by atoms with E-state index in [1.165, 1.54) is 0 Å². The summed E-state index contributed by atoms with van der Waals surface area (Å²) in [4.78, 5) is 10.8. The molecule has 1 atom stereocenters. The van der Waals surface area contributed by atoms with Crippen molar-refractivity contribution in [2.24, 2.45) is 11.5 Å². The highest BCUT2D eigenvalue weighted by atomic mass is 16.4. The molecule has 0 aliphatic carbocycles. The molecule has 0 spiro atoms. The minimum Gasteiger partial charge on any atom is -0.478 e. The third-order valence-electron chi connectivity index (χ3n) is 2.07. The first-order valence-electron chi connectivity index (χ1n) is 4.44. The highest BCUT2D eigenvalue weighted by Crippen LogP contribution is 2.18. The molecule has 0 radical (unpaired) electrons. The first-order valence-corrected chi connectivity index (χ1v) is 4.44. The molecule has 1 aromatic carbocycles. The SMILES string of the molecule is NCC[C@H](N)c1ccccc1C(=O)O. The summed E-state index contributed by atoms with van der Waals surface area (Å²) in [5.41, 5.74) is 12.1. The second-order valence-corrected chi connectivity index (χ2v) is 3.08. The lowest BCUT2D eigenvalue weighted by molar-refractivity contribution is 0.0695. The molecule has 0 bridgehead atoms. The Hall–Kier alpha value is -1.39. The van der Waals surface area contributed by atoms with Gasteiger partial charge in [-0.05, 0) is 24.6 Å². The summed E-state index contributed by atoms with van der Waals surface area (Å²) in [7, 11) is 0. The number of nitrogens with two attached hydrogens (primary N) is 2. The zero-order valence-corrected chi connectivity index (χ0v) is 7.81. The quantitative estimate of drug-likeness (QED) is 0.659. The summed E-state index contributed by atoms with van der Waals surface area (Å²) in [6.07, 6.45) is 0.588. The highest BCUT2D eigenvalue weighted by Gasteiger charge is 2.13. The van der Waals surface area contributed by atoms with Crippen molar-refractivity contribution in [3.05, 3.63) is 35.4 Å². The molecule has 0 fully saturated rings. The van der Waals surface area contributed by atoms with E-state index in [1.54, 1.807) is 24.3 Å². The summed E-state index contributed by atoms with van der Waals surface area (Å²) in [6.45, 7) is 0.453. The van der Waals surface area contributed by atoms with E-state index in [2.05, 4.69) is 0 Å². The van der Waals surface area contributed by atoms with Gasteiger partial charge in [0.1, 0.15) is 0 Å². The van der Waals surface area contributed by atoms with Crippen LogP contribution in [0.15, 0.2) is 24.3 Å². The Kier molecular flexibility index (Phi) is 3.62. The van der Waals surface area contributed by atoms with Gasteiger partial charge in [0.15, 0.2) is 0 Å². The predicted octanol–water partition coefficient (Wildman–Crippen LogP) is 0.733. The number of carbonyl (C=O) groups is 1. The van der Waals surface area contributed by atoms with Gasteiger partial charge in [0, 0.05) is 6.04 Å². The van der Waals surface area contributed by atoms with Crippen LogP contribution in [0.5, 0.6) is 0 Å². The molecule has 0 aliphatic rings. The van der Waals surface area contributed by atoms with Crippen LogP contribution in [0.2, 0.25) is 0 Å². The maximum atomic E-state index is 10.8. The Balaban J connectivity index is 3.00. The first-order chi connectivity index (χ1) is 6.66. The fraction of sp³-hybridized carbons (Fsp3) is 0.300. The van der Waals surface area contributed by atoms with Gasteiger partial charge in [-0.3, -0.25) is 0 Å². The van der Waals surface area contributed by atoms with Gasteiger partial charge in [0.05, 0.1) is 5.56 Å². The molecule has 0 aliphatic heterocycles. The lowest BCUT2D eigenvalue weighted by Gasteiger charge is -2.12. The van der Waals surface area contributed by atoms with Crippen LogP contribution in [0.3, 0.4) is 0 Å². The van der Waals surface area contributed by atoms with Crippen LogP contribution >= 0.6 is 0 Å². The molecule has 0 unspecified atom stereocenters. The number of hydrogen-bond donors (Lipinski definition) is 3. The van der Waals surface area contributed by atoms with Crippen molar-refractivity contribution in [1.82, 2.24) is 0 Å². The van der Waals surface area contributed by atoms with Crippen molar-refractivity contribution in [2.45, 2.75) is 12.5 Å². The Labute approximate surface area is 82.5 Å². The molecule has 4 nitrogen and oxygen atoms in total. The van der Waals surface area contributed by atoms with Crippen molar-refractivity contribution >= 4 is 5.97 Å². The molecule has 1 aromatic rings. The van der Waals surface area contributed by atoms with E-state index >= 15 is 0 Å². The standard InChI is InChI=1S/C10H14N2O2/c11-6-5-9(12)7-3-1-2-4-8(7)10(13)14/h1-4,9H,5-6,11-12H2,(H,13,14)/t9-/m0/s1. The molecule has 0 heterocycles. The van der Waals surface area contributed by atoms with Crippen LogP contribution in [0.4, 0.5) is 0 Å². The normalized spacial score (nSPS) is 12.4. The van der Waals surface area contributed by atoms with Crippen LogP contribution in [-0.4, -0.2) is 17.6 Å². The average molecular weight is 194 g/mol. The van der Waals surface area contributed by atoms with E-state index in [-0.39, 0.29) is 11.6 Å². The zero-order chi connectivity index (χ0) is 10.6. The van der Waals surface area contributed by atoms with Crippen LogP contribution < -0.4 is 11.5 Å². The molecule has 1 rings (SSSR count). The molecule has 0 amide bonds. The van der Waals surface area contributed by atoms with Crippen LogP contribution in [0.1, 0.15) is 28.4 Å². The van der Waals surface area contributed by atoms with Crippen molar-refractivity contribution in [3.8, 4) is 0 Å². The van der Waals surface area contributed by atoms with Gasteiger partial charge >= 0.3 is 5.97 Å². The van der Waals surface area contributed by atoms with Crippen LogP contribution in [0.25, 0.3) is 0 Å². The van der Waals surface area contributed by atoms with Gasteiger partial charge in [0.25, 0.3) is 0 Å². The van der Waals surface area contributed by atoms with E-state index in [1.807, 2.05) is 0 Å². The van der Waals surface area contributed by atoms with Gasteiger partial charge in [0.2, 0.25) is 0 Å². The molecule has 0 aromatic heterocycles. The molecule has 0 saturated heterocycles. The van der Waals surface area contributed by atoms with Crippen LogP contribution in [0, 0.1) is 0 Å². The van der Waals surface area contributed by atoms with E-state index in [0.29, 0.717) is 18.5 Å². The largest absolute Gasteiger partial charge is 0.478 e. The summed E-state index contributed by atoms with van der Waals surface area (Å²) in [5.74, 6) is -0.951. The third-order valence-corrected chi connectivity index (χ3v) is 2.07. The van der Waals surface area contributed by atoms with Gasteiger partial charge in [-0.1, -0.05) is 18.2 Å². The number of carboxylic acids is 1. The van der Waals surface area contributed by atoms with Gasteiger partial charge in [-0.25, -0.2) is 4.79 Å². The number of carboxylic acid groups (broad SMARTS) is 1. The number of hydrogen-bond acceptors (Lipinski definition) is 3. The van der Waals surface area contributed by atoms with E-state index in [4.69, 9.17) is 16.6 Å². The van der Waals surface area contributed by atoms with Gasteiger partial charge < -0.3 is 16.6 Å². The molecular formula is C10H14N2O2. The minimum absolute atomic E-state index is 0.258. The fourth-order valence-electron chi connectivity index (χ4n) is 1.35. The van der Waals surface area contributed by atoms with E-state index < -0.39 is 5.97 Å². The second-order valence-electron chi connectivity index (χ2n) is 3.08. The molecule has 14 heavy (non-hydrogen) atoms. The summed E-state index contributed by atoms with van der Waals surface area (Å²) in [5, 5.41) is 8.90. The second kappa shape index (κ2) is 4.74. The molecule has 76 valence electrons. The monoisotopic (exact) mass is 194 g/mol. The third kappa shape index (κ3) is 2.31. The van der Waals surface area contributed by atoms with Crippen molar-refractivity contribution in [1.29, 1.82) is 0 Å². The zero-order valence-electron chi connectivity index (χ0n) is 7.81. The van der Waals surface area contributed by atoms with Crippen LogP contribution in [-0.2, 0) is 0 Å². The van der Waals surface area contributed by atoms with Gasteiger partial charge in [-0.2, -0.15) is 0 Å². The first kappa shape index (κ1) is 10.7. The number of benzene rings is 1. The number of rotatable bonds is 4. The Bertz CT molecular complexity index is 326. The van der Waals surface area contributed by atoms with Crippen molar-refractivity contribution < 1.29 is 9.90 Å². The lowest BCUT2D eigenvalue weighted by Crippen LogP contribution is -2.18. The molecule has 4 heteroatoms. The summed E-state index contributed by atoms with van der Waals surface area (Å²) < 4.78 is 0. The number of aromatic carboxylic acids is 1. The van der Waals surface area contributed by atoms with Crippen molar-refractivity contribution in [3.63, 3.8) is 0 Å². The topological polar surface area (TPSA) is 89.3 Å². The molecule has 5 N–H and O–H groups in total.